The molecule has 1 aromatic heterocycles. The number of halogens is 1. The Bertz CT molecular complexity index is 702. The molecule has 21 heavy (non-hydrogen) atoms. The number of tetrazole rings is 1. The van der Waals surface area contributed by atoms with Crippen LogP contribution in [0.5, 0.6) is 0 Å². The summed E-state index contributed by atoms with van der Waals surface area (Å²) in [5.41, 5.74) is 1.23. The van der Waals surface area contributed by atoms with E-state index < -0.39 is 0 Å². The molecule has 1 heterocycles. The molecule has 1 N–H and O–H groups in total. The van der Waals surface area contributed by atoms with Gasteiger partial charge in [-0.2, -0.15) is 0 Å². The number of hydrogen-bond donors (Lipinski definition) is 1. The Morgan fingerprint density at radius 2 is 2.29 bits per heavy atom. The molecule has 1 saturated carbocycles. The summed E-state index contributed by atoms with van der Waals surface area (Å²) in [5, 5.41) is 21.2. The standard InChI is InChI=1S/C14H13FN4OS/c15-13-6-3-10(8-11(13)2-1-7-20)9-21-14-16-17-18-19(14)12-4-5-12/h3,6,8,12,20H,4-5,7,9H2. The van der Waals surface area contributed by atoms with E-state index in [-0.39, 0.29) is 12.4 Å². The van der Waals surface area contributed by atoms with Crippen LogP contribution in [0.2, 0.25) is 0 Å². The summed E-state index contributed by atoms with van der Waals surface area (Å²) < 4.78 is 15.4. The third kappa shape index (κ3) is 3.40. The molecule has 1 aliphatic carbocycles. The Hall–Kier alpha value is -1.91. The Balaban J connectivity index is 1.71. The molecule has 0 bridgehead atoms. The number of nitrogens with zero attached hydrogens (tertiary/aromatic N) is 4. The maximum Gasteiger partial charge on any atom is 0.209 e. The number of aliphatic hydroxyl groups is 1. The van der Waals surface area contributed by atoms with Crippen LogP contribution in [-0.2, 0) is 5.75 Å². The minimum atomic E-state index is -0.382. The van der Waals surface area contributed by atoms with Crippen molar-refractivity contribution in [1.82, 2.24) is 20.2 Å². The number of hydrogen-bond acceptors (Lipinski definition) is 5. The van der Waals surface area contributed by atoms with Crippen LogP contribution in [0.4, 0.5) is 4.39 Å². The second-order valence-corrected chi connectivity index (χ2v) is 5.64. The summed E-state index contributed by atoms with van der Waals surface area (Å²) in [6.07, 6.45) is 2.24. The number of benzene rings is 1. The lowest BCUT2D eigenvalue weighted by atomic mass is 10.1. The van der Waals surface area contributed by atoms with Crippen molar-refractivity contribution in [3.63, 3.8) is 0 Å². The highest BCUT2D eigenvalue weighted by molar-refractivity contribution is 7.98. The van der Waals surface area contributed by atoms with Crippen molar-refractivity contribution in [3.05, 3.63) is 35.1 Å². The second-order valence-electron chi connectivity index (χ2n) is 4.70. The number of rotatable bonds is 4. The number of aromatic nitrogens is 4. The van der Waals surface area contributed by atoms with Crippen LogP contribution in [-0.4, -0.2) is 31.9 Å². The van der Waals surface area contributed by atoms with Gasteiger partial charge in [-0.3, -0.25) is 0 Å². The minimum Gasteiger partial charge on any atom is -0.384 e. The molecule has 0 atom stereocenters. The topological polar surface area (TPSA) is 63.8 Å². The van der Waals surface area contributed by atoms with Gasteiger partial charge >= 0.3 is 0 Å². The van der Waals surface area contributed by atoms with Crippen molar-refractivity contribution in [2.45, 2.75) is 29.8 Å². The average Bonchev–Trinajstić information content (AvgIpc) is 3.24. The Labute approximate surface area is 125 Å². The smallest absolute Gasteiger partial charge is 0.209 e. The van der Waals surface area contributed by atoms with Gasteiger partial charge in [-0.1, -0.05) is 29.7 Å². The van der Waals surface area contributed by atoms with Gasteiger partial charge in [-0.25, -0.2) is 9.07 Å². The highest BCUT2D eigenvalue weighted by Crippen LogP contribution is 2.36. The molecule has 1 aliphatic rings. The zero-order chi connectivity index (χ0) is 14.7. The molecule has 7 heteroatoms. The molecule has 0 saturated heterocycles. The van der Waals surface area contributed by atoms with Crippen LogP contribution in [0.1, 0.15) is 30.0 Å². The molecule has 5 nitrogen and oxygen atoms in total. The van der Waals surface area contributed by atoms with E-state index in [1.165, 1.54) is 17.8 Å². The first-order valence-corrected chi connectivity index (χ1v) is 7.55. The predicted molar refractivity (Wildman–Crippen MR) is 76.0 cm³/mol. The third-order valence-electron chi connectivity index (χ3n) is 3.06. The van der Waals surface area contributed by atoms with E-state index in [2.05, 4.69) is 27.4 Å². The van der Waals surface area contributed by atoms with Crippen LogP contribution in [0.15, 0.2) is 23.4 Å². The quantitative estimate of drug-likeness (QED) is 0.689. The fraction of sp³-hybridized carbons (Fsp3) is 0.357. The summed E-state index contributed by atoms with van der Waals surface area (Å²) in [6.45, 7) is -0.283. The second kappa shape index (κ2) is 6.24. The van der Waals surface area contributed by atoms with Crippen molar-refractivity contribution >= 4 is 11.8 Å². The molecule has 0 aliphatic heterocycles. The predicted octanol–water partition coefficient (Wildman–Crippen LogP) is 1.78. The van der Waals surface area contributed by atoms with Crippen molar-refractivity contribution in [1.29, 1.82) is 0 Å². The molecule has 0 radical (unpaired) electrons. The summed E-state index contributed by atoms with van der Waals surface area (Å²) in [7, 11) is 0. The monoisotopic (exact) mass is 304 g/mol. The minimum absolute atomic E-state index is 0.283. The van der Waals surface area contributed by atoms with Gasteiger partial charge in [-0.05, 0) is 41.0 Å². The van der Waals surface area contributed by atoms with Gasteiger partial charge in [0.15, 0.2) is 0 Å². The van der Waals surface area contributed by atoms with Gasteiger partial charge in [-0.15, -0.1) is 5.10 Å². The Morgan fingerprint density at radius 3 is 3.05 bits per heavy atom. The summed E-state index contributed by atoms with van der Waals surface area (Å²) in [5.74, 6) is 5.32. The van der Waals surface area contributed by atoms with Gasteiger partial charge < -0.3 is 5.11 Å². The van der Waals surface area contributed by atoms with Gasteiger partial charge in [0.2, 0.25) is 5.16 Å². The van der Waals surface area contributed by atoms with Gasteiger partial charge in [0.05, 0.1) is 11.6 Å². The van der Waals surface area contributed by atoms with E-state index >= 15 is 0 Å². The zero-order valence-corrected chi connectivity index (χ0v) is 12.0. The summed E-state index contributed by atoms with van der Waals surface area (Å²) in [4.78, 5) is 0. The van der Waals surface area contributed by atoms with Crippen LogP contribution >= 0.6 is 11.8 Å². The number of thioether (sulfide) groups is 1. The van der Waals surface area contributed by atoms with E-state index in [1.54, 1.807) is 12.1 Å². The molecule has 3 rings (SSSR count). The van der Waals surface area contributed by atoms with E-state index in [9.17, 15) is 4.39 Å². The lowest BCUT2D eigenvalue weighted by Gasteiger charge is -2.04. The number of aliphatic hydroxyl groups excluding tert-OH is 1. The molecule has 0 unspecified atom stereocenters. The average molecular weight is 304 g/mol. The van der Waals surface area contributed by atoms with Crippen LogP contribution < -0.4 is 0 Å². The summed E-state index contributed by atoms with van der Waals surface area (Å²) >= 11 is 1.52. The molecular weight excluding hydrogens is 291 g/mol. The SMILES string of the molecule is OCC#Cc1cc(CSc2nnnn2C2CC2)ccc1F. The van der Waals surface area contributed by atoms with Gasteiger partial charge in [0.1, 0.15) is 12.4 Å². The Morgan fingerprint density at radius 1 is 1.43 bits per heavy atom. The van der Waals surface area contributed by atoms with E-state index in [0.717, 1.165) is 23.6 Å². The van der Waals surface area contributed by atoms with E-state index in [4.69, 9.17) is 5.11 Å². The molecule has 108 valence electrons. The molecule has 0 spiro atoms. The maximum atomic E-state index is 13.6. The molecular formula is C14H13FN4OS. The van der Waals surface area contributed by atoms with Crippen molar-refractivity contribution in [3.8, 4) is 11.8 Å². The first-order chi connectivity index (χ1) is 10.3. The van der Waals surface area contributed by atoms with Crippen molar-refractivity contribution < 1.29 is 9.50 Å². The Kier molecular flexibility index (Phi) is 4.18. The lowest BCUT2D eigenvalue weighted by molar-refractivity contribution is 0.350. The van der Waals surface area contributed by atoms with Gasteiger partial charge in [0.25, 0.3) is 0 Å². The fourth-order valence-electron chi connectivity index (χ4n) is 1.87. The first-order valence-electron chi connectivity index (χ1n) is 6.57. The third-order valence-corrected chi connectivity index (χ3v) is 4.06. The van der Waals surface area contributed by atoms with Crippen molar-refractivity contribution in [2.75, 3.05) is 6.61 Å². The molecule has 2 aromatic rings. The molecule has 1 fully saturated rings. The van der Waals surface area contributed by atoms with Crippen LogP contribution in [0, 0.1) is 17.7 Å². The highest BCUT2D eigenvalue weighted by atomic mass is 32.2. The van der Waals surface area contributed by atoms with Crippen LogP contribution in [0.25, 0.3) is 0 Å². The van der Waals surface area contributed by atoms with Crippen LogP contribution in [0.3, 0.4) is 0 Å². The maximum absolute atomic E-state index is 13.6. The normalized spacial score (nSPS) is 13.8. The summed E-state index contributed by atoms with van der Waals surface area (Å²) in [6, 6.07) is 5.23. The van der Waals surface area contributed by atoms with Gasteiger partial charge in [0, 0.05) is 5.75 Å². The molecule has 0 amide bonds. The van der Waals surface area contributed by atoms with E-state index in [1.807, 2.05) is 4.68 Å². The lowest BCUT2D eigenvalue weighted by Crippen LogP contribution is -1.99. The highest BCUT2D eigenvalue weighted by Gasteiger charge is 2.27. The van der Waals surface area contributed by atoms with E-state index in [0.29, 0.717) is 17.4 Å². The largest absolute Gasteiger partial charge is 0.384 e. The first kappa shape index (κ1) is 14.0. The fourth-order valence-corrected chi connectivity index (χ4v) is 2.76. The zero-order valence-electron chi connectivity index (χ0n) is 11.2. The molecule has 1 aromatic carbocycles. The van der Waals surface area contributed by atoms with Crippen molar-refractivity contribution in [2.24, 2.45) is 0 Å².